The van der Waals surface area contributed by atoms with E-state index in [0.717, 1.165) is 10.0 Å². The van der Waals surface area contributed by atoms with Crippen molar-refractivity contribution in [2.45, 2.75) is 26.4 Å². The minimum Gasteiger partial charge on any atom is -0.457 e. The standard InChI is InChI=1S/C13H14BrClO2/c1-13(2,3)17-12(16)7-5-9-4-6-10(14)8-11(9)15/h4-8H,1-3H3. The number of carbonyl (C=O) groups is 1. The van der Waals surface area contributed by atoms with Crippen molar-refractivity contribution < 1.29 is 9.53 Å². The highest BCUT2D eigenvalue weighted by Crippen LogP contribution is 2.22. The molecular formula is C13H14BrClO2. The van der Waals surface area contributed by atoms with Crippen LogP contribution in [0.15, 0.2) is 28.7 Å². The maximum atomic E-state index is 11.4. The molecule has 0 aliphatic rings. The van der Waals surface area contributed by atoms with Crippen molar-refractivity contribution in [2.75, 3.05) is 0 Å². The lowest BCUT2D eigenvalue weighted by Crippen LogP contribution is -2.22. The van der Waals surface area contributed by atoms with Crippen LogP contribution in [0.25, 0.3) is 6.08 Å². The Bertz CT molecular complexity index is 447. The molecule has 1 aromatic rings. The van der Waals surface area contributed by atoms with Crippen LogP contribution in [0.1, 0.15) is 26.3 Å². The summed E-state index contributed by atoms with van der Waals surface area (Å²) in [6, 6.07) is 5.46. The van der Waals surface area contributed by atoms with Crippen molar-refractivity contribution >= 4 is 39.6 Å². The third-order valence-corrected chi connectivity index (χ3v) is 2.59. The molecule has 0 N–H and O–H groups in total. The lowest BCUT2D eigenvalue weighted by atomic mass is 10.2. The van der Waals surface area contributed by atoms with E-state index in [-0.39, 0.29) is 5.97 Å². The highest BCUT2D eigenvalue weighted by Gasteiger charge is 2.13. The fourth-order valence-corrected chi connectivity index (χ4v) is 1.87. The molecule has 0 saturated heterocycles. The van der Waals surface area contributed by atoms with Gasteiger partial charge in [0, 0.05) is 15.6 Å². The normalized spacial score (nSPS) is 11.8. The van der Waals surface area contributed by atoms with Gasteiger partial charge in [0.2, 0.25) is 0 Å². The SMILES string of the molecule is CC(C)(C)OC(=O)C=Cc1ccc(Br)cc1Cl. The number of halogens is 2. The van der Waals surface area contributed by atoms with Gasteiger partial charge in [0.25, 0.3) is 0 Å². The molecular weight excluding hydrogens is 303 g/mol. The Labute approximate surface area is 115 Å². The van der Waals surface area contributed by atoms with E-state index in [1.165, 1.54) is 6.08 Å². The molecule has 0 fully saturated rings. The number of carbonyl (C=O) groups excluding carboxylic acids is 1. The topological polar surface area (TPSA) is 26.3 Å². The van der Waals surface area contributed by atoms with Gasteiger partial charge in [-0.3, -0.25) is 0 Å². The third kappa shape index (κ3) is 5.37. The van der Waals surface area contributed by atoms with Gasteiger partial charge in [-0.05, 0) is 44.5 Å². The molecule has 0 amide bonds. The molecule has 0 aliphatic heterocycles. The number of ether oxygens (including phenoxy) is 1. The van der Waals surface area contributed by atoms with Crippen LogP contribution in [-0.2, 0) is 9.53 Å². The van der Waals surface area contributed by atoms with Gasteiger partial charge in [0.1, 0.15) is 5.60 Å². The summed E-state index contributed by atoms with van der Waals surface area (Å²) in [6.07, 6.45) is 3.02. The molecule has 0 bridgehead atoms. The Morgan fingerprint density at radius 1 is 1.41 bits per heavy atom. The largest absolute Gasteiger partial charge is 0.457 e. The van der Waals surface area contributed by atoms with Crippen LogP contribution in [0.5, 0.6) is 0 Å². The van der Waals surface area contributed by atoms with Crippen LogP contribution in [0.2, 0.25) is 5.02 Å². The second-order valence-corrected chi connectivity index (χ2v) is 5.86. The summed E-state index contributed by atoms with van der Waals surface area (Å²) in [5.41, 5.74) is 0.297. The molecule has 92 valence electrons. The summed E-state index contributed by atoms with van der Waals surface area (Å²) in [5, 5.41) is 0.583. The Kier molecular flexibility index (Phi) is 4.78. The van der Waals surface area contributed by atoms with Crippen molar-refractivity contribution in [3.63, 3.8) is 0 Å². The molecule has 0 aliphatic carbocycles. The molecule has 4 heteroatoms. The molecule has 17 heavy (non-hydrogen) atoms. The van der Waals surface area contributed by atoms with Crippen molar-refractivity contribution in [3.8, 4) is 0 Å². The summed E-state index contributed by atoms with van der Waals surface area (Å²) in [5.74, 6) is -0.378. The van der Waals surface area contributed by atoms with Crippen molar-refractivity contribution in [3.05, 3.63) is 39.3 Å². The summed E-state index contributed by atoms with van der Waals surface area (Å²) < 4.78 is 6.04. The van der Waals surface area contributed by atoms with E-state index in [2.05, 4.69) is 15.9 Å². The van der Waals surface area contributed by atoms with Gasteiger partial charge in [-0.25, -0.2) is 4.79 Å². The van der Waals surface area contributed by atoms with Gasteiger partial charge in [-0.2, -0.15) is 0 Å². The van der Waals surface area contributed by atoms with Gasteiger partial charge >= 0.3 is 5.97 Å². The van der Waals surface area contributed by atoms with E-state index < -0.39 is 5.60 Å². The van der Waals surface area contributed by atoms with Gasteiger partial charge < -0.3 is 4.74 Å². The molecule has 0 saturated carbocycles. The van der Waals surface area contributed by atoms with E-state index in [4.69, 9.17) is 16.3 Å². The molecule has 1 aromatic carbocycles. The summed E-state index contributed by atoms with van der Waals surface area (Å²) in [6.45, 7) is 5.47. The molecule has 2 nitrogen and oxygen atoms in total. The van der Waals surface area contributed by atoms with E-state index in [1.54, 1.807) is 12.1 Å². The fourth-order valence-electron chi connectivity index (χ4n) is 1.13. The molecule has 0 atom stereocenters. The highest BCUT2D eigenvalue weighted by atomic mass is 79.9. The molecule has 0 radical (unpaired) electrons. The first-order valence-electron chi connectivity index (χ1n) is 5.14. The van der Waals surface area contributed by atoms with Gasteiger partial charge in [0.15, 0.2) is 0 Å². The zero-order valence-electron chi connectivity index (χ0n) is 9.96. The van der Waals surface area contributed by atoms with Crippen LogP contribution in [0.3, 0.4) is 0 Å². The first-order valence-corrected chi connectivity index (χ1v) is 6.31. The molecule has 0 unspecified atom stereocenters. The first kappa shape index (κ1) is 14.3. The average Bonchev–Trinajstić information content (AvgIpc) is 2.13. The molecule has 1 rings (SSSR count). The van der Waals surface area contributed by atoms with Crippen LogP contribution < -0.4 is 0 Å². The quantitative estimate of drug-likeness (QED) is 0.595. The maximum Gasteiger partial charge on any atom is 0.331 e. The Hall–Kier alpha value is -0.800. The Morgan fingerprint density at radius 3 is 2.59 bits per heavy atom. The second kappa shape index (κ2) is 5.69. The minimum atomic E-state index is -0.481. The number of hydrogen-bond donors (Lipinski definition) is 0. The van der Waals surface area contributed by atoms with Crippen molar-refractivity contribution in [1.29, 1.82) is 0 Å². The van der Waals surface area contributed by atoms with Crippen LogP contribution in [-0.4, -0.2) is 11.6 Å². The predicted molar refractivity (Wildman–Crippen MR) is 74.0 cm³/mol. The summed E-state index contributed by atoms with van der Waals surface area (Å²) in [7, 11) is 0. The van der Waals surface area contributed by atoms with Crippen molar-refractivity contribution in [1.82, 2.24) is 0 Å². The smallest absolute Gasteiger partial charge is 0.331 e. The Balaban J connectivity index is 2.74. The van der Waals surface area contributed by atoms with Gasteiger partial charge in [0.05, 0.1) is 0 Å². The second-order valence-electron chi connectivity index (χ2n) is 4.53. The average molecular weight is 318 g/mol. The van der Waals surface area contributed by atoms with E-state index in [0.29, 0.717) is 5.02 Å². The minimum absolute atomic E-state index is 0.378. The lowest BCUT2D eigenvalue weighted by molar-refractivity contribution is -0.148. The number of rotatable bonds is 2. The monoisotopic (exact) mass is 316 g/mol. The summed E-state index contributed by atoms with van der Waals surface area (Å²) in [4.78, 5) is 11.4. The van der Waals surface area contributed by atoms with Crippen molar-refractivity contribution in [2.24, 2.45) is 0 Å². The number of benzene rings is 1. The summed E-state index contributed by atoms with van der Waals surface area (Å²) >= 11 is 9.33. The Morgan fingerprint density at radius 2 is 2.06 bits per heavy atom. The van der Waals surface area contributed by atoms with Gasteiger partial charge in [-0.15, -0.1) is 0 Å². The highest BCUT2D eigenvalue weighted by molar-refractivity contribution is 9.10. The molecule has 0 aromatic heterocycles. The maximum absolute atomic E-state index is 11.4. The first-order chi connectivity index (χ1) is 7.78. The van der Waals surface area contributed by atoms with E-state index in [1.807, 2.05) is 32.9 Å². The molecule has 0 heterocycles. The fraction of sp³-hybridized carbons (Fsp3) is 0.308. The zero-order valence-corrected chi connectivity index (χ0v) is 12.3. The van der Waals surface area contributed by atoms with E-state index >= 15 is 0 Å². The molecule has 0 spiro atoms. The van der Waals surface area contributed by atoms with E-state index in [9.17, 15) is 4.79 Å². The zero-order chi connectivity index (χ0) is 13.1. The van der Waals surface area contributed by atoms with Crippen LogP contribution in [0, 0.1) is 0 Å². The van der Waals surface area contributed by atoms with Gasteiger partial charge in [-0.1, -0.05) is 33.6 Å². The number of hydrogen-bond acceptors (Lipinski definition) is 2. The third-order valence-electron chi connectivity index (χ3n) is 1.77. The number of esters is 1. The van der Waals surface area contributed by atoms with Crippen LogP contribution >= 0.6 is 27.5 Å². The van der Waals surface area contributed by atoms with Crippen LogP contribution in [0.4, 0.5) is 0 Å². The predicted octanol–water partition coefficient (Wildman–Crippen LogP) is 4.46. The lowest BCUT2D eigenvalue weighted by Gasteiger charge is -2.17.